The summed E-state index contributed by atoms with van der Waals surface area (Å²) in [6.45, 7) is 3.38. The van der Waals surface area contributed by atoms with Crippen LogP contribution in [0.5, 0.6) is 0 Å². The summed E-state index contributed by atoms with van der Waals surface area (Å²) in [6.07, 6.45) is 9.28. The van der Waals surface area contributed by atoms with Gasteiger partial charge in [0.1, 0.15) is 0 Å². The molecule has 2 nitrogen and oxygen atoms in total. The molecule has 0 bridgehead atoms. The number of hydrogen-bond donors (Lipinski definition) is 2. The Bertz CT molecular complexity index is 189. The van der Waals surface area contributed by atoms with E-state index in [2.05, 4.69) is 12.2 Å². The summed E-state index contributed by atoms with van der Waals surface area (Å²) in [5, 5.41) is 3.62. The third-order valence-corrected chi connectivity index (χ3v) is 3.97. The molecule has 2 rings (SSSR count). The average molecular weight is 196 g/mol. The Morgan fingerprint density at radius 2 is 2.07 bits per heavy atom. The van der Waals surface area contributed by atoms with E-state index in [1.807, 2.05) is 0 Å². The van der Waals surface area contributed by atoms with Gasteiger partial charge in [0.05, 0.1) is 0 Å². The first-order valence-corrected chi connectivity index (χ1v) is 6.20. The van der Waals surface area contributed by atoms with Gasteiger partial charge in [0.25, 0.3) is 0 Å². The quantitative estimate of drug-likeness (QED) is 0.725. The van der Waals surface area contributed by atoms with E-state index in [9.17, 15) is 0 Å². The van der Waals surface area contributed by atoms with Crippen molar-refractivity contribution in [1.29, 1.82) is 0 Å². The molecular formula is C12H24N2. The van der Waals surface area contributed by atoms with Crippen molar-refractivity contribution in [3.63, 3.8) is 0 Å². The summed E-state index contributed by atoms with van der Waals surface area (Å²) in [7, 11) is 0. The molecule has 0 heterocycles. The van der Waals surface area contributed by atoms with Gasteiger partial charge >= 0.3 is 0 Å². The Hall–Kier alpha value is -0.0800. The van der Waals surface area contributed by atoms with Gasteiger partial charge in [-0.1, -0.05) is 26.2 Å². The van der Waals surface area contributed by atoms with Crippen molar-refractivity contribution in [2.45, 2.75) is 63.5 Å². The van der Waals surface area contributed by atoms with E-state index in [-0.39, 0.29) is 5.54 Å². The van der Waals surface area contributed by atoms with E-state index in [1.165, 1.54) is 44.9 Å². The fourth-order valence-electron chi connectivity index (χ4n) is 2.82. The molecule has 0 aromatic carbocycles. The maximum atomic E-state index is 6.41. The lowest BCUT2D eigenvalue weighted by Gasteiger charge is -2.39. The highest BCUT2D eigenvalue weighted by molar-refractivity contribution is 4.93. The smallest absolute Gasteiger partial charge is 0.0283 e. The third-order valence-electron chi connectivity index (χ3n) is 3.97. The standard InChI is InChI=1S/C12H24N2/c1-10-4-3-7-12(13,8-10)9-14-11-5-2-6-11/h10-11,14H,2-9,13H2,1H3. The molecule has 2 fully saturated rings. The molecule has 0 spiro atoms. The summed E-state index contributed by atoms with van der Waals surface area (Å²) in [5.74, 6) is 0.831. The van der Waals surface area contributed by atoms with Crippen LogP contribution in [0.3, 0.4) is 0 Å². The van der Waals surface area contributed by atoms with Gasteiger partial charge in [-0.25, -0.2) is 0 Å². The molecule has 2 aliphatic rings. The Balaban J connectivity index is 1.75. The molecule has 0 radical (unpaired) electrons. The van der Waals surface area contributed by atoms with Gasteiger partial charge in [-0.3, -0.25) is 0 Å². The zero-order valence-corrected chi connectivity index (χ0v) is 9.39. The predicted octanol–water partition coefficient (Wildman–Crippen LogP) is 2.04. The minimum atomic E-state index is 0.104. The van der Waals surface area contributed by atoms with Crippen LogP contribution in [0, 0.1) is 5.92 Å². The predicted molar refractivity (Wildman–Crippen MR) is 60.2 cm³/mol. The molecule has 3 N–H and O–H groups in total. The third kappa shape index (κ3) is 2.48. The van der Waals surface area contributed by atoms with Crippen molar-refractivity contribution >= 4 is 0 Å². The van der Waals surface area contributed by atoms with Gasteiger partial charge in [0.2, 0.25) is 0 Å². The summed E-state index contributed by atoms with van der Waals surface area (Å²) < 4.78 is 0. The second-order valence-corrected chi connectivity index (χ2v) is 5.57. The van der Waals surface area contributed by atoms with Gasteiger partial charge in [-0.15, -0.1) is 0 Å². The summed E-state index contributed by atoms with van der Waals surface area (Å²) in [4.78, 5) is 0. The van der Waals surface area contributed by atoms with Crippen molar-refractivity contribution in [2.24, 2.45) is 11.7 Å². The summed E-state index contributed by atoms with van der Waals surface area (Å²) in [6, 6.07) is 0.785. The lowest BCUT2D eigenvalue weighted by atomic mass is 9.76. The van der Waals surface area contributed by atoms with Crippen molar-refractivity contribution < 1.29 is 0 Å². The lowest BCUT2D eigenvalue weighted by molar-refractivity contribution is 0.209. The fraction of sp³-hybridized carbons (Fsp3) is 1.00. The van der Waals surface area contributed by atoms with Crippen molar-refractivity contribution in [3.05, 3.63) is 0 Å². The highest BCUT2D eigenvalue weighted by Gasteiger charge is 2.31. The maximum absolute atomic E-state index is 6.41. The largest absolute Gasteiger partial charge is 0.324 e. The van der Waals surface area contributed by atoms with E-state index in [1.54, 1.807) is 0 Å². The molecule has 2 aliphatic carbocycles. The Morgan fingerprint density at radius 1 is 1.29 bits per heavy atom. The second-order valence-electron chi connectivity index (χ2n) is 5.57. The van der Waals surface area contributed by atoms with E-state index < -0.39 is 0 Å². The summed E-state index contributed by atoms with van der Waals surface area (Å²) in [5.41, 5.74) is 6.52. The summed E-state index contributed by atoms with van der Waals surface area (Å²) >= 11 is 0. The van der Waals surface area contributed by atoms with Crippen LogP contribution in [0.2, 0.25) is 0 Å². The van der Waals surface area contributed by atoms with Crippen LogP contribution >= 0.6 is 0 Å². The van der Waals surface area contributed by atoms with E-state index in [0.29, 0.717) is 0 Å². The highest BCUT2D eigenvalue weighted by atomic mass is 15.0. The first kappa shape index (κ1) is 10.4. The van der Waals surface area contributed by atoms with Crippen LogP contribution in [0.4, 0.5) is 0 Å². The van der Waals surface area contributed by atoms with E-state index >= 15 is 0 Å². The van der Waals surface area contributed by atoms with Gasteiger partial charge in [-0.05, 0) is 31.6 Å². The van der Waals surface area contributed by atoms with Crippen LogP contribution in [0.15, 0.2) is 0 Å². The van der Waals surface area contributed by atoms with Crippen LogP contribution in [-0.2, 0) is 0 Å². The topological polar surface area (TPSA) is 38.0 Å². The van der Waals surface area contributed by atoms with Gasteiger partial charge in [0, 0.05) is 18.1 Å². The number of rotatable bonds is 3. The minimum Gasteiger partial charge on any atom is -0.324 e. The van der Waals surface area contributed by atoms with Crippen molar-refractivity contribution in [3.8, 4) is 0 Å². The molecule has 0 aliphatic heterocycles. The molecule has 0 saturated heterocycles. The Labute approximate surface area is 87.6 Å². The molecular weight excluding hydrogens is 172 g/mol. The molecule has 2 saturated carbocycles. The minimum absolute atomic E-state index is 0.104. The number of nitrogens with one attached hydrogen (secondary N) is 1. The van der Waals surface area contributed by atoms with Gasteiger partial charge in [0.15, 0.2) is 0 Å². The maximum Gasteiger partial charge on any atom is 0.0283 e. The Morgan fingerprint density at radius 3 is 2.64 bits per heavy atom. The first-order valence-electron chi connectivity index (χ1n) is 6.20. The molecule has 0 aromatic heterocycles. The lowest BCUT2D eigenvalue weighted by Crippen LogP contribution is -2.54. The SMILES string of the molecule is CC1CCCC(N)(CNC2CCC2)C1. The molecule has 2 atom stereocenters. The average Bonchev–Trinajstić information content (AvgIpc) is 2.00. The zero-order chi connectivity index (χ0) is 10.0. The molecule has 82 valence electrons. The molecule has 0 aromatic rings. The first-order chi connectivity index (χ1) is 6.68. The highest BCUT2D eigenvalue weighted by Crippen LogP contribution is 2.30. The van der Waals surface area contributed by atoms with Crippen LogP contribution < -0.4 is 11.1 Å². The van der Waals surface area contributed by atoms with E-state index in [4.69, 9.17) is 5.73 Å². The van der Waals surface area contributed by atoms with Crippen LogP contribution in [0.1, 0.15) is 51.9 Å². The van der Waals surface area contributed by atoms with Crippen molar-refractivity contribution in [1.82, 2.24) is 5.32 Å². The molecule has 14 heavy (non-hydrogen) atoms. The zero-order valence-electron chi connectivity index (χ0n) is 9.39. The Kier molecular flexibility index (Phi) is 3.13. The number of hydrogen-bond acceptors (Lipinski definition) is 2. The van der Waals surface area contributed by atoms with Crippen LogP contribution in [-0.4, -0.2) is 18.1 Å². The normalized spacial score (nSPS) is 39.4. The van der Waals surface area contributed by atoms with E-state index in [0.717, 1.165) is 18.5 Å². The second kappa shape index (κ2) is 4.19. The fourth-order valence-corrected chi connectivity index (χ4v) is 2.82. The number of nitrogens with two attached hydrogens (primary N) is 1. The van der Waals surface area contributed by atoms with Gasteiger partial charge in [-0.2, -0.15) is 0 Å². The van der Waals surface area contributed by atoms with Gasteiger partial charge < -0.3 is 11.1 Å². The molecule has 0 amide bonds. The van der Waals surface area contributed by atoms with Crippen LogP contribution in [0.25, 0.3) is 0 Å². The molecule has 2 unspecified atom stereocenters. The monoisotopic (exact) mass is 196 g/mol. The van der Waals surface area contributed by atoms with Crippen molar-refractivity contribution in [2.75, 3.05) is 6.54 Å². The molecule has 2 heteroatoms.